The summed E-state index contributed by atoms with van der Waals surface area (Å²) in [7, 11) is 0. The molecule has 76 valence electrons. The van der Waals surface area contributed by atoms with Gasteiger partial charge in [0.05, 0.1) is 0 Å². The van der Waals surface area contributed by atoms with Crippen molar-refractivity contribution in [2.24, 2.45) is 0 Å². The summed E-state index contributed by atoms with van der Waals surface area (Å²) in [5, 5.41) is 3.69. The van der Waals surface area contributed by atoms with Gasteiger partial charge in [-0.3, -0.25) is 0 Å². The molecule has 0 saturated carbocycles. The third-order valence-electron chi connectivity index (χ3n) is 2.30. The molecular formula is C9H13ClN4. The summed E-state index contributed by atoms with van der Waals surface area (Å²) in [4.78, 5) is 10.3. The van der Waals surface area contributed by atoms with Crippen molar-refractivity contribution in [1.82, 2.24) is 15.3 Å². The lowest BCUT2D eigenvalue weighted by Gasteiger charge is -2.32. The molecule has 1 aliphatic heterocycles. The highest BCUT2D eigenvalue weighted by molar-refractivity contribution is 6.28. The Labute approximate surface area is 88.3 Å². The third-order valence-corrected chi connectivity index (χ3v) is 2.49. The lowest BCUT2D eigenvalue weighted by atomic mass is 10.2. The first kappa shape index (κ1) is 9.68. The van der Waals surface area contributed by atoms with Crippen LogP contribution in [0.1, 0.15) is 6.92 Å². The Balaban J connectivity index is 2.14. The molecule has 1 aliphatic rings. The van der Waals surface area contributed by atoms with E-state index in [1.54, 1.807) is 6.20 Å². The van der Waals surface area contributed by atoms with E-state index >= 15 is 0 Å². The van der Waals surface area contributed by atoms with Crippen molar-refractivity contribution in [3.05, 3.63) is 17.5 Å². The average molecular weight is 213 g/mol. The van der Waals surface area contributed by atoms with Gasteiger partial charge in [-0.2, -0.15) is 0 Å². The highest BCUT2D eigenvalue weighted by Gasteiger charge is 2.16. The zero-order valence-corrected chi connectivity index (χ0v) is 8.83. The van der Waals surface area contributed by atoms with Crippen molar-refractivity contribution < 1.29 is 0 Å². The van der Waals surface area contributed by atoms with Crippen LogP contribution in [0.3, 0.4) is 0 Å². The second kappa shape index (κ2) is 4.11. The average Bonchev–Trinajstić information content (AvgIpc) is 2.18. The second-order valence-corrected chi connectivity index (χ2v) is 3.82. The summed E-state index contributed by atoms with van der Waals surface area (Å²) >= 11 is 5.74. The fraction of sp³-hybridized carbons (Fsp3) is 0.556. The number of hydrogen-bond acceptors (Lipinski definition) is 4. The molecule has 2 rings (SSSR count). The van der Waals surface area contributed by atoms with Crippen molar-refractivity contribution >= 4 is 17.4 Å². The molecule has 2 heterocycles. The summed E-state index contributed by atoms with van der Waals surface area (Å²) in [6.07, 6.45) is 1.69. The number of rotatable bonds is 1. The number of nitrogens with zero attached hydrogens (tertiary/aromatic N) is 3. The lowest BCUT2D eigenvalue weighted by Crippen LogP contribution is -2.49. The van der Waals surface area contributed by atoms with Gasteiger partial charge in [-0.1, -0.05) is 0 Å². The topological polar surface area (TPSA) is 41.1 Å². The summed E-state index contributed by atoms with van der Waals surface area (Å²) in [5.74, 6) is 0.915. The van der Waals surface area contributed by atoms with E-state index in [0.717, 1.165) is 25.5 Å². The van der Waals surface area contributed by atoms with Crippen LogP contribution in [-0.4, -0.2) is 35.6 Å². The first-order valence-electron chi connectivity index (χ1n) is 4.72. The van der Waals surface area contributed by atoms with Crippen molar-refractivity contribution in [1.29, 1.82) is 0 Å². The van der Waals surface area contributed by atoms with Crippen LogP contribution in [0.15, 0.2) is 12.3 Å². The van der Waals surface area contributed by atoms with Gasteiger partial charge in [-0.25, -0.2) is 9.97 Å². The quantitative estimate of drug-likeness (QED) is 0.704. The molecule has 0 aromatic carbocycles. The molecular weight excluding hydrogens is 200 g/mol. The number of anilines is 1. The molecule has 0 amide bonds. The Hall–Kier alpha value is -0.870. The number of hydrogen-bond donors (Lipinski definition) is 1. The molecule has 1 saturated heterocycles. The predicted octanol–water partition coefficient (Wildman–Crippen LogP) is 0.928. The fourth-order valence-corrected chi connectivity index (χ4v) is 1.79. The Morgan fingerprint density at radius 3 is 3.21 bits per heavy atom. The molecule has 1 fully saturated rings. The zero-order valence-electron chi connectivity index (χ0n) is 8.07. The van der Waals surface area contributed by atoms with E-state index < -0.39 is 0 Å². The van der Waals surface area contributed by atoms with E-state index in [9.17, 15) is 0 Å². The van der Waals surface area contributed by atoms with Crippen molar-refractivity contribution in [2.45, 2.75) is 13.0 Å². The van der Waals surface area contributed by atoms with Gasteiger partial charge in [0.1, 0.15) is 5.82 Å². The molecule has 0 spiro atoms. The first-order chi connectivity index (χ1) is 6.75. The third kappa shape index (κ3) is 2.13. The summed E-state index contributed by atoms with van der Waals surface area (Å²) < 4.78 is 0. The molecule has 1 atom stereocenters. The Morgan fingerprint density at radius 2 is 2.50 bits per heavy atom. The van der Waals surface area contributed by atoms with E-state index in [0.29, 0.717) is 11.3 Å². The second-order valence-electron chi connectivity index (χ2n) is 3.49. The van der Waals surface area contributed by atoms with Crippen molar-refractivity contribution in [2.75, 3.05) is 24.5 Å². The van der Waals surface area contributed by atoms with Gasteiger partial charge in [0.2, 0.25) is 5.28 Å². The first-order valence-corrected chi connectivity index (χ1v) is 5.10. The molecule has 1 aromatic rings. The van der Waals surface area contributed by atoms with E-state index in [-0.39, 0.29) is 0 Å². The molecule has 5 heteroatoms. The Bertz CT molecular complexity index is 317. The largest absolute Gasteiger partial charge is 0.354 e. The van der Waals surface area contributed by atoms with E-state index in [2.05, 4.69) is 27.1 Å². The lowest BCUT2D eigenvalue weighted by molar-refractivity contribution is 0.482. The predicted molar refractivity (Wildman–Crippen MR) is 56.7 cm³/mol. The standard InChI is InChI=1S/C9H13ClN4/c1-7-6-14(5-4-11-7)8-2-3-12-9(10)13-8/h2-3,7,11H,4-6H2,1H3. The van der Waals surface area contributed by atoms with Gasteiger partial charge in [0, 0.05) is 31.9 Å². The fourth-order valence-electron chi connectivity index (χ4n) is 1.64. The van der Waals surface area contributed by atoms with Crippen LogP contribution in [0.25, 0.3) is 0 Å². The maximum absolute atomic E-state index is 5.74. The van der Waals surface area contributed by atoms with Crippen LogP contribution in [0.2, 0.25) is 5.28 Å². The van der Waals surface area contributed by atoms with Crippen LogP contribution in [0, 0.1) is 0 Å². The van der Waals surface area contributed by atoms with Gasteiger partial charge in [-0.15, -0.1) is 0 Å². The number of halogens is 1. The highest BCUT2D eigenvalue weighted by atomic mass is 35.5. The molecule has 4 nitrogen and oxygen atoms in total. The Kier molecular flexibility index (Phi) is 2.84. The monoisotopic (exact) mass is 212 g/mol. The molecule has 1 aromatic heterocycles. The van der Waals surface area contributed by atoms with Crippen LogP contribution in [0.4, 0.5) is 5.82 Å². The van der Waals surface area contributed by atoms with Gasteiger partial charge in [0.15, 0.2) is 0 Å². The van der Waals surface area contributed by atoms with Crippen LogP contribution >= 0.6 is 11.6 Å². The maximum atomic E-state index is 5.74. The zero-order chi connectivity index (χ0) is 9.97. The van der Waals surface area contributed by atoms with Crippen LogP contribution < -0.4 is 10.2 Å². The maximum Gasteiger partial charge on any atom is 0.224 e. The van der Waals surface area contributed by atoms with Crippen LogP contribution in [-0.2, 0) is 0 Å². The molecule has 1 unspecified atom stereocenters. The SMILES string of the molecule is CC1CN(c2ccnc(Cl)n2)CCN1. The minimum atomic E-state index is 0.314. The van der Waals surface area contributed by atoms with Gasteiger partial charge < -0.3 is 10.2 Å². The molecule has 14 heavy (non-hydrogen) atoms. The number of piperazine rings is 1. The van der Waals surface area contributed by atoms with Crippen molar-refractivity contribution in [3.63, 3.8) is 0 Å². The number of nitrogens with one attached hydrogen (secondary N) is 1. The van der Waals surface area contributed by atoms with E-state index in [1.165, 1.54) is 0 Å². The molecule has 0 radical (unpaired) electrons. The van der Waals surface area contributed by atoms with Crippen LogP contribution in [0.5, 0.6) is 0 Å². The minimum absolute atomic E-state index is 0.314. The Morgan fingerprint density at radius 1 is 1.64 bits per heavy atom. The molecule has 1 N–H and O–H groups in total. The molecule has 0 aliphatic carbocycles. The molecule has 0 bridgehead atoms. The normalized spacial score (nSPS) is 22.4. The van der Waals surface area contributed by atoms with E-state index in [4.69, 9.17) is 11.6 Å². The van der Waals surface area contributed by atoms with Gasteiger partial charge in [0.25, 0.3) is 0 Å². The number of aromatic nitrogens is 2. The van der Waals surface area contributed by atoms with E-state index in [1.807, 2.05) is 6.07 Å². The smallest absolute Gasteiger partial charge is 0.224 e. The minimum Gasteiger partial charge on any atom is -0.354 e. The summed E-state index contributed by atoms with van der Waals surface area (Å²) in [6.45, 7) is 5.09. The summed E-state index contributed by atoms with van der Waals surface area (Å²) in [5.41, 5.74) is 0. The van der Waals surface area contributed by atoms with Gasteiger partial charge in [-0.05, 0) is 24.6 Å². The van der Waals surface area contributed by atoms with Gasteiger partial charge >= 0.3 is 0 Å². The highest BCUT2D eigenvalue weighted by Crippen LogP contribution is 2.13. The summed E-state index contributed by atoms with van der Waals surface area (Å²) in [6, 6.07) is 2.39. The van der Waals surface area contributed by atoms with Crippen molar-refractivity contribution in [3.8, 4) is 0 Å².